The molecular weight excluding hydrogens is 267 g/mol. The Morgan fingerprint density at radius 1 is 1.40 bits per heavy atom. The molecule has 2 unspecified atom stereocenters. The zero-order valence-electron chi connectivity index (χ0n) is 11.4. The van der Waals surface area contributed by atoms with E-state index in [-0.39, 0.29) is 6.42 Å². The van der Waals surface area contributed by atoms with Crippen LogP contribution < -0.4 is 5.32 Å². The normalized spacial score (nSPS) is 23.6. The molecule has 1 fully saturated rings. The Kier molecular flexibility index (Phi) is 4.39. The minimum Gasteiger partial charge on any atom is -0.342 e. The van der Waals surface area contributed by atoms with E-state index in [1.165, 1.54) is 0 Å². The lowest BCUT2D eigenvalue weighted by molar-refractivity contribution is -0.189. The van der Waals surface area contributed by atoms with Gasteiger partial charge in [0.15, 0.2) is 0 Å². The van der Waals surface area contributed by atoms with Gasteiger partial charge < -0.3 is 9.88 Å². The van der Waals surface area contributed by atoms with E-state index in [9.17, 15) is 13.2 Å². The molecule has 2 atom stereocenters. The van der Waals surface area contributed by atoms with Gasteiger partial charge in [0.05, 0.1) is 5.92 Å². The highest BCUT2D eigenvalue weighted by molar-refractivity contribution is 5.28. The summed E-state index contributed by atoms with van der Waals surface area (Å²) in [6.07, 6.45) is -0.111. The molecule has 2 rings (SSSR count). The first-order chi connectivity index (χ1) is 9.41. The van der Waals surface area contributed by atoms with Crippen LogP contribution >= 0.6 is 0 Å². The Balaban J connectivity index is 1.99. The quantitative estimate of drug-likeness (QED) is 0.927. The molecule has 0 bridgehead atoms. The molecule has 6 heteroatoms. The van der Waals surface area contributed by atoms with Gasteiger partial charge >= 0.3 is 6.18 Å². The third kappa shape index (κ3) is 3.34. The minimum absolute atomic E-state index is 0.208. The average Bonchev–Trinajstić information content (AvgIpc) is 2.76. The van der Waals surface area contributed by atoms with Crippen molar-refractivity contribution in [2.24, 2.45) is 13.0 Å². The standard InChI is InChI=1S/C14H18F3N3/c1-20-9-10(6-11(20)7-18)8-19-13-5-3-2-4-12(13)14(15,16)17/h6,9,12-13,19H,2-5,8H2,1H3. The Bertz CT molecular complexity index is 499. The summed E-state index contributed by atoms with van der Waals surface area (Å²) in [6.45, 7) is 0.368. The fourth-order valence-corrected chi connectivity index (χ4v) is 2.86. The first-order valence-electron chi connectivity index (χ1n) is 6.77. The van der Waals surface area contributed by atoms with Gasteiger partial charge in [-0.3, -0.25) is 0 Å². The number of aryl methyl sites for hydroxylation is 1. The molecule has 0 aliphatic heterocycles. The van der Waals surface area contributed by atoms with Crippen molar-refractivity contribution in [1.82, 2.24) is 9.88 Å². The molecule has 110 valence electrons. The molecule has 1 aromatic heterocycles. The first-order valence-corrected chi connectivity index (χ1v) is 6.77. The number of halogens is 3. The molecule has 1 aromatic rings. The van der Waals surface area contributed by atoms with E-state index < -0.39 is 18.1 Å². The molecule has 0 amide bonds. The second-order valence-corrected chi connectivity index (χ2v) is 5.38. The van der Waals surface area contributed by atoms with Gasteiger partial charge in [-0.05, 0) is 24.5 Å². The van der Waals surface area contributed by atoms with Crippen molar-refractivity contribution < 1.29 is 13.2 Å². The van der Waals surface area contributed by atoms with Crippen molar-refractivity contribution in [2.75, 3.05) is 0 Å². The molecule has 3 nitrogen and oxygen atoms in total. The van der Waals surface area contributed by atoms with Crippen molar-refractivity contribution in [2.45, 2.75) is 44.4 Å². The van der Waals surface area contributed by atoms with E-state index in [0.29, 0.717) is 25.1 Å². The molecule has 1 saturated carbocycles. The van der Waals surface area contributed by atoms with Crippen molar-refractivity contribution in [3.8, 4) is 6.07 Å². The average molecular weight is 285 g/mol. The lowest BCUT2D eigenvalue weighted by atomic mass is 9.84. The second-order valence-electron chi connectivity index (χ2n) is 5.38. The van der Waals surface area contributed by atoms with Crippen molar-refractivity contribution in [1.29, 1.82) is 5.26 Å². The van der Waals surface area contributed by atoms with Crippen LogP contribution in [-0.4, -0.2) is 16.8 Å². The summed E-state index contributed by atoms with van der Waals surface area (Å²) in [7, 11) is 1.75. The highest BCUT2D eigenvalue weighted by atomic mass is 19.4. The number of hydrogen-bond donors (Lipinski definition) is 1. The van der Waals surface area contributed by atoms with E-state index in [1.54, 1.807) is 23.9 Å². The monoisotopic (exact) mass is 285 g/mol. The summed E-state index contributed by atoms with van der Waals surface area (Å²) >= 11 is 0. The fraction of sp³-hybridized carbons (Fsp3) is 0.643. The summed E-state index contributed by atoms with van der Waals surface area (Å²) in [4.78, 5) is 0. The molecule has 0 saturated heterocycles. The third-order valence-electron chi connectivity index (χ3n) is 3.93. The summed E-state index contributed by atoms with van der Waals surface area (Å²) in [5.74, 6) is -1.25. The molecule has 1 aliphatic rings. The number of nitrogens with one attached hydrogen (secondary N) is 1. The predicted molar refractivity (Wildman–Crippen MR) is 68.8 cm³/mol. The van der Waals surface area contributed by atoms with Gasteiger partial charge in [0.25, 0.3) is 0 Å². The van der Waals surface area contributed by atoms with Crippen LogP contribution in [-0.2, 0) is 13.6 Å². The number of alkyl halides is 3. The predicted octanol–water partition coefficient (Wildman–Crippen LogP) is 3.11. The number of nitrogens with zero attached hydrogens (tertiary/aromatic N) is 2. The second kappa shape index (κ2) is 5.88. The largest absolute Gasteiger partial charge is 0.393 e. The highest BCUT2D eigenvalue weighted by Gasteiger charge is 2.45. The zero-order chi connectivity index (χ0) is 14.8. The van der Waals surface area contributed by atoms with Crippen LogP contribution in [0, 0.1) is 17.2 Å². The topological polar surface area (TPSA) is 40.8 Å². The van der Waals surface area contributed by atoms with Gasteiger partial charge in [0.1, 0.15) is 11.8 Å². The molecule has 1 heterocycles. The van der Waals surface area contributed by atoms with Crippen LogP contribution in [0.25, 0.3) is 0 Å². The Labute approximate surface area is 116 Å². The molecule has 0 aromatic carbocycles. The number of rotatable bonds is 3. The number of nitriles is 1. The van der Waals surface area contributed by atoms with Crippen LogP contribution in [0.5, 0.6) is 0 Å². The van der Waals surface area contributed by atoms with E-state index in [1.807, 2.05) is 6.07 Å². The van der Waals surface area contributed by atoms with Crippen molar-refractivity contribution in [3.05, 3.63) is 23.5 Å². The van der Waals surface area contributed by atoms with Crippen LogP contribution in [0.3, 0.4) is 0 Å². The van der Waals surface area contributed by atoms with E-state index in [4.69, 9.17) is 5.26 Å². The third-order valence-corrected chi connectivity index (χ3v) is 3.93. The van der Waals surface area contributed by atoms with Crippen LogP contribution in [0.1, 0.15) is 36.9 Å². The fourth-order valence-electron chi connectivity index (χ4n) is 2.86. The molecule has 1 N–H and O–H groups in total. The smallest absolute Gasteiger partial charge is 0.342 e. The summed E-state index contributed by atoms with van der Waals surface area (Å²) in [5, 5.41) is 11.9. The van der Waals surface area contributed by atoms with Crippen molar-refractivity contribution in [3.63, 3.8) is 0 Å². The number of aromatic nitrogens is 1. The van der Waals surface area contributed by atoms with Gasteiger partial charge in [-0.25, -0.2) is 0 Å². The van der Waals surface area contributed by atoms with Crippen LogP contribution in [0.4, 0.5) is 13.2 Å². The highest BCUT2D eigenvalue weighted by Crippen LogP contribution is 2.37. The van der Waals surface area contributed by atoms with Crippen LogP contribution in [0.15, 0.2) is 12.3 Å². The molecule has 20 heavy (non-hydrogen) atoms. The maximum atomic E-state index is 13.0. The molecule has 0 radical (unpaired) electrons. The summed E-state index contributed by atoms with van der Waals surface area (Å²) < 4.78 is 40.5. The van der Waals surface area contributed by atoms with E-state index in [2.05, 4.69) is 5.32 Å². The summed E-state index contributed by atoms with van der Waals surface area (Å²) in [6, 6.07) is 3.23. The molecule has 1 aliphatic carbocycles. The van der Waals surface area contributed by atoms with Gasteiger partial charge in [-0.2, -0.15) is 18.4 Å². The summed E-state index contributed by atoms with van der Waals surface area (Å²) in [5.41, 5.74) is 1.35. The van der Waals surface area contributed by atoms with Crippen LogP contribution in [0.2, 0.25) is 0 Å². The maximum absolute atomic E-state index is 13.0. The zero-order valence-corrected chi connectivity index (χ0v) is 11.4. The van der Waals surface area contributed by atoms with Gasteiger partial charge in [-0.15, -0.1) is 0 Å². The Hall–Kier alpha value is -1.48. The maximum Gasteiger partial charge on any atom is 0.393 e. The van der Waals surface area contributed by atoms with Gasteiger partial charge in [0.2, 0.25) is 0 Å². The first kappa shape index (κ1) is 14.9. The van der Waals surface area contributed by atoms with E-state index in [0.717, 1.165) is 12.0 Å². The lowest BCUT2D eigenvalue weighted by Gasteiger charge is -2.33. The minimum atomic E-state index is -4.13. The SMILES string of the molecule is Cn1cc(CNC2CCCCC2C(F)(F)F)cc1C#N. The molecule has 0 spiro atoms. The Morgan fingerprint density at radius 3 is 2.70 bits per heavy atom. The van der Waals surface area contributed by atoms with E-state index >= 15 is 0 Å². The van der Waals surface area contributed by atoms with Gasteiger partial charge in [-0.1, -0.05) is 12.8 Å². The Morgan fingerprint density at radius 2 is 2.10 bits per heavy atom. The van der Waals surface area contributed by atoms with Crippen molar-refractivity contribution >= 4 is 0 Å². The number of hydrogen-bond acceptors (Lipinski definition) is 2. The molecular formula is C14H18F3N3. The van der Waals surface area contributed by atoms with Gasteiger partial charge in [0, 0.05) is 25.8 Å². The lowest BCUT2D eigenvalue weighted by Crippen LogP contribution is -2.45.